The number of rotatable bonds is 0. The Morgan fingerprint density at radius 3 is 2.78 bits per heavy atom. The Balaban J connectivity index is 2.20. The molecule has 4 N–H and O–H groups in total. The summed E-state index contributed by atoms with van der Waals surface area (Å²) in [7, 11) is 0. The summed E-state index contributed by atoms with van der Waals surface area (Å²) in [6, 6.07) is 5.49. The number of benzene rings is 1. The molecule has 1 aromatic rings. The number of aliphatic hydroxyl groups excluding tert-OH is 2. The highest BCUT2D eigenvalue weighted by atomic mass is 16.3. The van der Waals surface area contributed by atoms with E-state index in [1.165, 1.54) is 0 Å². The number of nitrogens with two attached hydrogens (primary N) is 1. The largest absolute Gasteiger partial charge is 0.398 e. The predicted octanol–water partition coefficient (Wildman–Crippen LogP) is 2.47. The zero-order valence-electron chi connectivity index (χ0n) is 10.6. The second kappa shape index (κ2) is 4.11. The van der Waals surface area contributed by atoms with Crippen LogP contribution >= 0.6 is 0 Å². The van der Waals surface area contributed by atoms with Crippen molar-refractivity contribution in [3.8, 4) is 0 Å². The Morgan fingerprint density at radius 1 is 1.22 bits per heavy atom. The molecule has 3 heteroatoms. The van der Waals surface area contributed by atoms with Gasteiger partial charge in [0, 0.05) is 11.3 Å². The molecule has 0 unspecified atom stereocenters. The molecule has 0 aromatic heterocycles. The molecule has 0 saturated heterocycles. The van der Waals surface area contributed by atoms with Crippen molar-refractivity contribution >= 4 is 5.69 Å². The lowest BCUT2D eigenvalue weighted by atomic mass is 9.71. The molecule has 3 nitrogen and oxygen atoms in total. The Kier molecular flexibility index (Phi) is 2.68. The van der Waals surface area contributed by atoms with Gasteiger partial charge in [-0.15, -0.1) is 0 Å². The molecule has 0 aliphatic heterocycles. The van der Waals surface area contributed by atoms with E-state index in [2.05, 4.69) is 6.92 Å². The summed E-state index contributed by atoms with van der Waals surface area (Å²) in [6.07, 6.45) is 1.79. The molecule has 3 rings (SSSR count). The van der Waals surface area contributed by atoms with Crippen molar-refractivity contribution in [2.24, 2.45) is 5.92 Å². The van der Waals surface area contributed by atoms with Crippen LogP contribution in [0.2, 0.25) is 0 Å². The fraction of sp³-hybridized carbons (Fsp3) is 0.467. The van der Waals surface area contributed by atoms with E-state index in [9.17, 15) is 10.2 Å². The highest BCUT2D eigenvalue weighted by molar-refractivity contribution is 5.59. The maximum absolute atomic E-state index is 10.5. The molecule has 3 atom stereocenters. The standard InChI is InChI=1S/C15H19NO2/c1-8-4-2-5-9-12(8)14(17)10-6-3-7-11(16)13(10)15(9)18/h3,6-8,14-15,17-18H,2,4-5,16H2,1H3/t8-,14-,15+/m0/s1. The van der Waals surface area contributed by atoms with E-state index in [1.54, 1.807) is 6.07 Å². The Labute approximate surface area is 107 Å². The molecule has 0 amide bonds. The van der Waals surface area contributed by atoms with Gasteiger partial charge < -0.3 is 15.9 Å². The Morgan fingerprint density at radius 2 is 2.00 bits per heavy atom. The first-order valence-electron chi connectivity index (χ1n) is 6.58. The summed E-state index contributed by atoms with van der Waals surface area (Å²) in [5.74, 6) is 0.341. The van der Waals surface area contributed by atoms with Crippen molar-refractivity contribution in [2.75, 3.05) is 5.73 Å². The van der Waals surface area contributed by atoms with Gasteiger partial charge in [0.05, 0.1) is 0 Å². The first-order chi connectivity index (χ1) is 8.61. The molecule has 0 fully saturated rings. The van der Waals surface area contributed by atoms with Gasteiger partial charge in [0.1, 0.15) is 12.2 Å². The highest BCUT2D eigenvalue weighted by Crippen LogP contribution is 2.49. The van der Waals surface area contributed by atoms with Crippen molar-refractivity contribution in [3.63, 3.8) is 0 Å². The van der Waals surface area contributed by atoms with Crippen LogP contribution in [0.5, 0.6) is 0 Å². The second-order valence-corrected chi connectivity index (χ2v) is 5.43. The predicted molar refractivity (Wildman–Crippen MR) is 70.8 cm³/mol. The van der Waals surface area contributed by atoms with Gasteiger partial charge in [-0.05, 0) is 48.0 Å². The van der Waals surface area contributed by atoms with Crippen LogP contribution in [0.25, 0.3) is 0 Å². The summed E-state index contributed by atoms with van der Waals surface area (Å²) in [4.78, 5) is 0. The lowest BCUT2D eigenvalue weighted by molar-refractivity contribution is 0.148. The first kappa shape index (κ1) is 11.8. The van der Waals surface area contributed by atoms with Crippen LogP contribution in [0.4, 0.5) is 5.69 Å². The average molecular weight is 245 g/mol. The van der Waals surface area contributed by atoms with Crippen molar-refractivity contribution in [3.05, 3.63) is 40.5 Å². The molecule has 96 valence electrons. The van der Waals surface area contributed by atoms with Crippen LogP contribution in [-0.2, 0) is 0 Å². The number of aliphatic hydroxyl groups is 2. The van der Waals surface area contributed by atoms with E-state index >= 15 is 0 Å². The average Bonchev–Trinajstić information content (AvgIpc) is 2.35. The molecule has 0 spiro atoms. The van der Waals surface area contributed by atoms with Gasteiger partial charge in [0.15, 0.2) is 0 Å². The third kappa shape index (κ3) is 1.51. The fourth-order valence-corrected chi connectivity index (χ4v) is 3.45. The molecule has 0 radical (unpaired) electrons. The molecule has 0 bridgehead atoms. The Hall–Kier alpha value is -1.32. The van der Waals surface area contributed by atoms with Crippen LogP contribution in [0.15, 0.2) is 29.3 Å². The highest BCUT2D eigenvalue weighted by Gasteiger charge is 2.37. The van der Waals surface area contributed by atoms with E-state index < -0.39 is 12.2 Å². The minimum absolute atomic E-state index is 0.341. The summed E-state index contributed by atoms with van der Waals surface area (Å²) in [6.45, 7) is 2.13. The topological polar surface area (TPSA) is 66.5 Å². The zero-order chi connectivity index (χ0) is 12.9. The third-order valence-electron chi connectivity index (χ3n) is 4.35. The number of hydrogen-bond acceptors (Lipinski definition) is 3. The second-order valence-electron chi connectivity index (χ2n) is 5.43. The zero-order valence-corrected chi connectivity index (χ0v) is 10.6. The minimum atomic E-state index is -0.637. The van der Waals surface area contributed by atoms with Gasteiger partial charge in [-0.1, -0.05) is 19.1 Å². The molecular weight excluding hydrogens is 226 g/mol. The fourth-order valence-electron chi connectivity index (χ4n) is 3.45. The van der Waals surface area contributed by atoms with Crippen molar-refractivity contribution in [1.82, 2.24) is 0 Å². The monoisotopic (exact) mass is 245 g/mol. The van der Waals surface area contributed by atoms with Gasteiger partial charge >= 0.3 is 0 Å². The van der Waals surface area contributed by atoms with Crippen LogP contribution in [0, 0.1) is 5.92 Å². The number of nitrogen functional groups attached to an aromatic ring is 1. The lowest BCUT2D eigenvalue weighted by Crippen LogP contribution is -2.26. The molecule has 2 aliphatic carbocycles. The smallest absolute Gasteiger partial charge is 0.103 e. The van der Waals surface area contributed by atoms with Gasteiger partial charge in [-0.2, -0.15) is 0 Å². The molecule has 0 saturated carbocycles. The first-order valence-corrected chi connectivity index (χ1v) is 6.58. The SMILES string of the molecule is C[C@H]1CCCC2=C1[C@@H](O)c1cccc(N)c1[C@@H]2O. The van der Waals surface area contributed by atoms with E-state index in [1.807, 2.05) is 12.1 Å². The molecular formula is C15H19NO2. The lowest BCUT2D eigenvalue weighted by Gasteiger charge is -2.38. The van der Waals surface area contributed by atoms with Crippen molar-refractivity contribution in [1.29, 1.82) is 0 Å². The van der Waals surface area contributed by atoms with Crippen LogP contribution < -0.4 is 5.73 Å². The quantitative estimate of drug-likeness (QED) is 0.486. The van der Waals surface area contributed by atoms with E-state index in [0.717, 1.165) is 36.0 Å². The normalized spacial score (nSPS) is 30.9. The third-order valence-corrected chi connectivity index (χ3v) is 4.35. The summed E-state index contributed by atoms with van der Waals surface area (Å²) in [5, 5.41) is 21.1. The van der Waals surface area contributed by atoms with Crippen LogP contribution in [0.1, 0.15) is 49.5 Å². The summed E-state index contributed by atoms with van der Waals surface area (Å²) >= 11 is 0. The van der Waals surface area contributed by atoms with Crippen LogP contribution in [-0.4, -0.2) is 10.2 Å². The molecule has 1 aromatic carbocycles. The maximum atomic E-state index is 10.5. The van der Waals surface area contributed by atoms with Gasteiger partial charge in [0.2, 0.25) is 0 Å². The van der Waals surface area contributed by atoms with Crippen LogP contribution in [0.3, 0.4) is 0 Å². The number of hydrogen-bond donors (Lipinski definition) is 3. The van der Waals surface area contributed by atoms with Crippen molar-refractivity contribution < 1.29 is 10.2 Å². The van der Waals surface area contributed by atoms with Gasteiger partial charge in [-0.3, -0.25) is 0 Å². The number of anilines is 1. The maximum Gasteiger partial charge on any atom is 0.103 e. The molecule has 18 heavy (non-hydrogen) atoms. The number of fused-ring (bicyclic) bond motifs is 1. The minimum Gasteiger partial charge on any atom is -0.398 e. The van der Waals surface area contributed by atoms with Gasteiger partial charge in [-0.25, -0.2) is 0 Å². The van der Waals surface area contributed by atoms with E-state index in [4.69, 9.17) is 5.73 Å². The van der Waals surface area contributed by atoms with E-state index in [0.29, 0.717) is 17.2 Å². The van der Waals surface area contributed by atoms with E-state index in [-0.39, 0.29) is 0 Å². The Bertz CT molecular complexity index is 521. The molecule has 2 aliphatic rings. The molecule has 0 heterocycles. The van der Waals surface area contributed by atoms with Crippen molar-refractivity contribution in [2.45, 2.75) is 38.4 Å². The summed E-state index contributed by atoms with van der Waals surface area (Å²) < 4.78 is 0. The van der Waals surface area contributed by atoms with Gasteiger partial charge in [0.25, 0.3) is 0 Å². The summed E-state index contributed by atoms with van der Waals surface area (Å²) in [5.41, 5.74) is 10.0.